The number of thiazole rings is 1. The van der Waals surface area contributed by atoms with Crippen molar-refractivity contribution in [1.29, 1.82) is 0 Å². The molecule has 2 aromatic rings. The molecule has 0 spiro atoms. The van der Waals surface area contributed by atoms with Crippen LogP contribution in [0.15, 0.2) is 12.1 Å². The van der Waals surface area contributed by atoms with E-state index in [0.717, 1.165) is 18.9 Å². The van der Waals surface area contributed by atoms with Crippen LogP contribution in [0.25, 0.3) is 10.2 Å². The number of carbonyl (C=O) groups excluding carboxylic acids is 1. The first-order valence-corrected chi connectivity index (χ1v) is 9.39. The second-order valence-electron chi connectivity index (χ2n) is 6.17. The van der Waals surface area contributed by atoms with Crippen molar-refractivity contribution in [1.82, 2.24) is 15.2 Å². The van der Waals surface area contributed by atoms with Crippen LogP contribution >= 0.6 is 11.3 Å². The number of rotatable bonds is 4. The lowest BCUT2D eigenvalue weighted by Gasteiger charge is -2.35. The molecule has 2 amide bonds. The minimum absolute atomic E-state index is 0.0363. The zero-order chi connectivity index (χ0) is 18.0. The summed E-state index contributed by atoms with van der Waals surface area (Å²) < 4.78 is 27.6. The fourth-order valence-electron chi connectivity index (χ4n) is 2.94. The van der Waals surface area contributed by atoms with Crippen LogP contribution in [-0.2, 0) is 0 Å². The van der Waals surface area contributed by atoms with Gasteiger partial charge in [0.15, 0.2) is 10.9 Å². The standard InChI is InChI=1S/C17H22F2N4OS/c1-3-12(4-2)20-16(24)22-5-7-23(8-6-22)17-21-15-13(19)9-11(18)10-14(15)25-17/h9-10,12H,3-8H2,1-2H3,(H,20,24). The molecule has 2 heterocycles. The number of carbonyl (C=O) groups is 1. The summed E-state index contributed by atoms with van der Waals surface area (Å²) >= 11 is 1.28. The number of nitrogens with zero attached hydrogens (tertiary/aromatic N) is 3. The van der Waals surface area contributed by atoms with Crippen molar-refractivity contribution in [3.8, 4) is 0 Å². The van der Waals surface area contributed by atoms with Gasteiger partial charge in [0, 0.05) is 38.3 Å². The molecule has 8 heteroatoms. The summed E-state index contributed by atoms with van der Waals surface area (Å²) in [4.78, 5) is 20.4. The van der Waals surface area contributed by atoms with E-state index in [1.165, 1.54) is 17.4 Å². The lowest BCUT2D eigenvalue weighted by Crippen LogP contribution is -2.53. The number of piperazine rings is 1. The largest absolute Gasteiger partial charge is 0.345 e. The molecule has 3 rings (SSSR count). The lowest BCUT2D eigenvalue weighted by atomic mass is 10.2. The minimum atomic E-state index is -0.638. The fraction of sp³-hybridized carbons (Fsp3) is 0.529. The molecule has 0 unspecified atom stereocenters. The summed E-state index contributed by atoms with van der Waals surface area (Å²) in [5.41, 5.74) is 0.204. The Hall–Kier alpha value is -1.96. The highest BCUT2D eigenvalue weighted by Crippen LogP contribution is 2.31. The highest BCUT2D eigenvalue weighted by Gasteiger charge is 2.24. The minimum Gasteiger partial charge on any atom is -0.345 e. The van der Waals surface area contributed by atoms with Gasteiger partial charge in [-0.3, -0.25) is 0 Å². The Balaban J connectivity index is 1.64. The highest BCUT2D eigenvalue weighted by molar-refractivity contribution is 7.22. The van der Waals surface area contributed by atoms with Crippen molar-refractivity contribution in [2.24, 2.45) is 0 Å². The van der Waals surface area contributed by atoms with Crippen LogP contribution in [0.3, 0.4) is 0 Å². The number of nitrogens with one attached hydrogen (secondary N) is 1. The van der Waals surface area contributed by atoms with Crippen molar-refractivity contribution < 1.29 is 13.6 Å². The second kappa shape index (κ2) is 7.51. The quantitative estimate of drug-likeness (QED) is 0.897. The van der Waals surface area contributed by atoms with Gasteiger partial charge in [0.25, 0.3) is 0 Å². The van der Waals surface area contributed by atoms with Crippen LogP contribution in [0, 0.1) is 11.6 Å². The van der Waals surface area contributed by atoms with Crippen molar-refractivity contribution in [3.63, 3.8) is 0 Å². The van der Waals surface area contributed by atoms with E-state index in [0.29, 0.717) is 36.0 Å². The molecule has 0 bridgehead atoms. The summed E-state index contributed by atoms with van der Waals surface area (Å²) in [6.07, 6.45) is 1.83. The summed E-state index contributed by atoms with van der Waals surface area (Å²) in [6, 6.07) is 2.32. The lowest BCUT2D eigenvalue weighted by molar-refractivity contribution is 0.189. The molecule has 136 valence electrons. The van der Waals surface area contributed by atoms with Crippen LogP contribution in [0.4, 0.5) is 18.7 Å². The predicted molar refractivity (Wildman–Crippen MR) is 96.2 cm³/mol. The van der Waals surface area contributed by atoms with Crippen molar-refractivity contribution in [2.75, 3.05) is 31.1 Å². The zero-order valence-corrected chi connectivity index (χ0v) is 15.2. The molecule has 0 atom stereocenters. The number of amides is 2. The third kappa shape index (κ3) is 3.84. The maximum absolute atomic E-state index is 13.8. The van der Waals surface area contributed by atoms with E-state index in [1.807, 2.05) is 4.90 Å². The van der Waals surface area contributed by atoms with Gasteiger partial charge in [0.2, 0.25) is 0 Å². The first kappa shape index (κ1) is 17.8. The van der Waals surface area contributed by atoms with Gasteiger partial charge >= 0.3 is 6.03 Å². The number of benzene rings is 1. The molecule has 25 heavy (non-hydrogen) atoms. The summed E-state index contributed by atoms with van der Waals surface area (Å²) in [5, 5.41) is 3.71. The molecular weight excluding hydrogens is 346 g/mol. The SMILES string of the molecule is CCC(CC)NC(=O)N1CCN(c2nc3c(F)cc(F)cc3s2)CC1. The van der Waals surface area contributed by atoms with Gasteiger partial charge < -0.3 is 15.1 Å². The number of hydrogen-bond donors (Lipinski definition) is 1. The van der Waals surface area contributed by atoms with E-state index in [1.54, 1.807) is 4.90 Å². The van der Waals surface area contributed by atoms with E-state index >= 15 is 0 Å². The van der Waals surface area contributed by atoms with Gasteiger partial charge in [0.05, 0.1) is 4.70 Å². The van der Waals surface area contributed by atoms with Crippen molar-refractivity contribution in [3.05, 3.63) is 23.8 Å². The van der Waals surface area contributed by atoms with E-state index in [2.05, 4.69) is 24.1 Å². The number of fused-ring (bicyclic) bond motifs is 1. The van der Waals surface area contributed by atoms with Crippen molar-refractivity contribution >= 4 is 32.7 Å². The Morgan fingerprint density at radius 3 is 2.56 bits per heavy atom. The second-order valence-corrected chi connectivity index (χ2v) is 7.18. The van der Waals surface area contributed by atoms with Gasteiger partial charge in [0.1, 0.15) is 11.3 Å². The molecule has 0 radical (unpaired) electrons. The van der Waals surface area contributed by atoms with Gasteiger partial charge in [-0.25, -0.2) is 18.6 Å². The first-order valence-electron chi connectivity index (χ1n) is 8.57. The number of aromatic nitrogens is 1. The number of urea groups is 1. The molecule has 1 N–H and O–H groups in total. The van der Waals surface area contributed by atoms with E-state index in [9.17, 15) is 13.6 Å². The summed E-state index contributed by atoms with van der Waals surface area (Å²) in [6.45, 7) is 6.53. The fourth-order valence-corrected chi connectivity index (χ4v) is 4.00. The molecule has 1 aromatic heterocycles. The molecule has 0 aliphatic carbocycles. The van der Waals surface area contributed by atoms with Crippen LogP contribution < -0.4 is 10.2 Å². The van der Waals surface area contributed by atoms with Gasteiger partial charge in [-0.05, 0) is 18.9 Å². The van der Waals surface area contributed by atoms with Gasteiger partial charge in [-0.1, -0.05) is 25.2 Å². The van der Waals surface area contributed by atoms with Gasteiger partial charge in [-0.15, -0.1) is 0 Å². The van der Waals surface area contributed by atoms with Crippen LogP contribution in [0.1, 0.15) is 26.7 Å². The Kier molecular flexibility index (Phi) is 5.36. The molecular formula is C17H22F2N4OS. The van der Waals surface area contributed by atoms with Crippen LogP contribution in [-0.4, -0.2) is 48.1 Å². The molecule has 1 aromatic carbocycles. The van der Waals surface area contributed by atoms with Gasteiger partial charge in [-0.2, -0.15) is 0 Å². The molecule has 0 saturated carbocycles. The third-order valence-corrected chi connectivity index (χ3v) is 5.62. The average molecular weight is 368 g/mol. The first-order chi connectivity index (χ1) is 12.0. The Bertz CT molecular complexity index is 754. The highest BCUT2D eigenvalue weighted by atomic mass is 32.1. The summed E-state index contributed by atoms with van der Waals surface area (Å²) in [7, 11) is 0. The monoisotopic (exact) mass is 368 g/mol. The Morgan fingerprint density at radius 1 is 1.24 bits per heavy atom. The third-order valence-electron chi connectivity index (χ3n) is 4.55. The average Bonchev–Trinajstić information content (AvgIpc) is 3.04. The normalized spacial score (nSPS) is 15.2. The van der Waals surface area contributed by atoms with Crippen molar-refractivity contribution in [2.45, 2.75) is 32.7 Å². The maximum Gasteiger partial charge on any atom is 0.317 e. The number of hydrogen-bond acceptors (Lipinski definition) is 4. The number of halogens is 2. The Labute approximate surface area is 149 Å². The van der Waals surface area contributed by atoms with Crippen LogP contribution in [0.2, 0.25) is 0 Å². The zero-order valence-electron chi connectivity index (χ0n) is 14.4. The van der Waals surface area contributed by atoms with E-state index in [-0.39, 0.29) is 17.6 Å². The predicted octanol–water partition coefficient (Wildman–Crippen LogP) is 3.59. The van der Waals surface area contributed by atoms with E-state index < -0.39 is 11.6 Å². The maximum atomic E-state index is 13.8. The Morgan fingerprint density at radius 2 is 1.92 bits per heavy atom. The summed E-state index contributed by atoms with van der Waals surface area (Å²) in [5.74, 6) is -1.23. The smallest absolute Gasteiger partial charge is 0.317 e. The number of anilines is 1. The molecule has 5 nitrogen and oxygen atoms in total. The molecule has 1 aliphatic heterocycles. The van der Waals surface area contributed by atoms with E-state index in [4.69, 9.17) is 0 Å². The molecule has 1 aliphatic rings. The molecule has 1 fully saturated rings. The van der Waals surface area contributed by atoms with Crippen LogP contribution in [0.5, 0.6) is 0 Å². The topological polar surface area (TPSA) is 48.5 Å². The molecule has 1 saturated heterocycles.